The fourth-order valence-electron chi connectivity index (χ4n) is 3.27. The molecule has 0 aliphatic rings. The smallest absolute Gasteiger partial charge is 0.280 e. The number of sulfonamides is 1. The summed E-state index contributed by atoms with van der Waals surface area (Å²) in [7, 11) is -4.10. The maximum Gasteiger partial charge on any atom is 0.280 e. The van der Waals surface area contributed by atoms with E-state index in [1.54, 1.807) is 17.0 Å². The van der Waals surface area contributed by atoms with Gasteiger partial charge in [0.1, 0.15) is 0 Å². The highest BCUT2D eigenvalue weighted by atomic mass is 35.5. The van der Waals surface area contributed by atoms with Crippen molar-refractivity contribution in [2.75, 3.05) is 11.3 Å². The monoisotopic (exact) mass is 486 g/mol. The summed E-state index contributed by atoms with van der Waals surface area (Å²) in [5, 5.41) is 0.562. The van der Waals surface area contributed by atoms with Gasteiger partial charge in [-0.1, -0.05) is 41.9 Å². The topological polar surface area (TPSA) is 92.3 Å². The van der Waals surface area contributed by atoms with Gasteiger partial charge in [-0.05, 0) is 48.3 Å². The summed E-state index contributed by atoms with van der Waals surface area (Å²) in [4.78, 5) is 19.0. The number of benzene rings is 2. The Morgan fingerprint density at radius 2 is 1.94 bits per heavy atom. The van der Waals surface area contributed by atoms with Crippen molar-refractivity contribution in [3.05, 3.63) is 83.1 Å². The van der Waals surface area contributed by atoms with Crippen LogP contribution in [0.25, 0.3) is 10.1 Å². The minimum absolute atomic E-state index is 0.0935. The molecule has 10 heteroatoms. The molecule has 2 aromatic carbocycles. The van der Waals surface area contributed by atoms with Crippen molar-refractivity contribution in [3.63, 3.8) is 0 Å². The van der Waals surface area contributed by atoms with Crippen LogP contribution in [0.2, 0.25) is 5.02 Å². The van der Waals surface area contributed by atoms with Crippen LogP contribution >= 0.6 is 23.1 Å². The summed E-state index contributed by atoms with van der Waals surface area (Å²) < 4.78 is 33.6. The lowest BCUT2D eigenvalue weighted by molar-refractivity contribution is 0.0753. The highest BCUT2D eigenvalue weighted by molar-refractivity contribution is 7.92. The van der Waals surface area contributed by atoms with Crippen molar-refractivity contribution >= 4 is 54.8 Å². The molecule has 4 rings (SSSR count). The van der Waals surface area contributed by atoms with E-state index in [9.17, 15) is 13.2 Å². The summed E-state index contributed by atoms with van der Waals surface area (Å²) in [6, 6.07) is 15.8. The average molecular weight is 487 g/mol. The van der Waals surface area contributed by atoms with Crippen LogP contribution in [0.1, 0.15) is 22.8 Å². The standard InChI is InChI=1S/C22H19ClN4O3S2/c1-2-27(14-15-6-4-3-5-7-15)22(28)17-9-8-16(23)12-19(17)26-32(29,30)21-18-13-25-31-20(18)10-11-24-21/h3-13,26H,2,14H2,1H3. The van der Waals surface area contributed by atoms with Crippen molar-refractivity contribution in [1.29, 1.82) is 0 Å². The zero-order valence-electron chi connectivity index (χ0n) is 17.0. The summed E-state index contributed by atoms with van der Waals surface area (Å²) in [5.74, 6) is -0.311. The molecular weight excluding hydrogens is 468 g/mol. The van der Waals surface area contributed by atoms with Crippen LogP contribution < -0.4 is 4.72 Å². The molecule has 0 saturated carbocycles. The molecule has 2 heterocycles. The van der Waals surface area contributed by atoms with Crippen LogP contribution in [0.4, 0.5) is 5.69 Å². The summed E-state index contributed by atoms with van der Waals surface area (Å²) in [6.07, 6.45) is 2.88. The van der Waals surface area contributed by atoms with E-state index in [0.29, 0.717) is 28.2 Å². The first-order chi connectivity index (χ1) is 15.4. The van der Waals surface area contributed by atoms with Gasteiger partial charge < -0.3 is 4.90 Å². The number of rotatable bonds is 7. The maximum atomic E-state index is 13.3. The summed E-state index contributed by atoms with van der Waals surface area (Å²) in [5.41, 5.74) is 1.27. The number of carbonyl (C=O) groups excluding carboxylic acids is 1. The lowest BCUT2D eigenvalue weighted by Gasteiger charge is -2.23. The van der Waals surface area contributed by atoms with Gasteiger partial charge in [-0.25, -0.2) is 4.98 Å². The zero-order valence-corrected chi connectivity index (χ0v) is 19.4. The third kappa shape index (κ3) is 4.59. The molecule has 1 N–H and O–H groups in total. The van der Waals surface area contributed by atoms with Crippen molar-refractivity contribution in [2.24, 2.45) is 0 Å². The first kappa shape index (κ1) is 22.2. The molecule has 0 unspecified atom stereocenters. The number of carbonyl (C=O) groups is 1. The third-order valence-electron chi connectivity index (χ3n) is 4.84. The fourth-order valence-corrected chi connectivity index (χ4v) is 5.35. The molecule has 0 aliphatic carbocycles. The van der Waals surface area contributed by atoms with Gasteiger partial charge in [0, 0.05) is 24.3 Å². The molecule has 0 bridgehead atoms. The number of anilines is 1. The average Bonchev–Trinajstić information content (AvgIpc) is 3.26. The Balaban J connectivity index is 1.69. The van der Waals surface area contributed by atoms with Crippen LogP contribution in [-0.4, -0.2) is 35.1 Å². The Morgan fingerprint density at radius 3 is 2.69 bits per heavy atom. The number of amides is 1. The largest absolute Gasteiger partial charge is 0.335 e. The number of hydrogen-bond acceptors (Lipinski definition) is 6. The fraction of sp³-hybridized carbons (Fsp3) is 0.136. The van der Waals surface area contributed by atoms with Gasteiger partial charge in [0.25, 0.3) is 15.9 Å². The molecule has 164 valence electrons. The molecule has 7 nitrogen and oxygen atoms in total. The Kier molecular flexibility index (Phi) is 6.40. The normalized spacial score (nSPS) is 11.4. The van der Waals surface area contributed by atoms with Gasteiger partial charge in [0.2, 0.25) is 0 Å². The number of hydrogen-bond donors (Lipinski definition) is 1. The van der Waals surface area contributed by atoms with E-state index >= 15 is 0 Å². The van der Waals surface area contributed by atoms with E-state index in [1.165, 1.54) is 36.1 Å². The first-order valence-electron chi connectivity index (χ1n) is 9.74. The molecule has 0 atom stereocenters. The van der Waals surface area contributed by atoms with Crippen molar-refractivity contribution in [1.82, 2.24) is 14.3 Å². The van der Waals surface area contributed by atoms with Gasteiger partial charge in [0.05, 0.1) is 27.5 Å². The maximum absolute atomic E-state index is 13.3. The van der Waals surface area contributed by atoms with Crippen LogP contribution in [0.3, 0.4) is 0 Å². The van der Waals surface area contributed by atoms with E-state index < -0.39 is 10.0 Å². The molecule has 0 fully saturated rings. The highest BCUT2D eigenvalue weighted by Gasteiger charge is 2.25. The molecular formula is C22H19ClN4O3S2. The van der Waals surface area contributed by atoms with E-state index in [0.717, 1.165) is 5.56 Å². The van der Waals surface area contributed by atoms with Crippen molar-refractivity contribution < 1.29 is 13.2 Å². The quantitative estimate of drug-likeness (QED) is 0.404. The van der Waals surface area contributed by atoms with Crippen molar-refractivity contribution in [3.8, 4) is 0 Å². The second-order valence-electron chi connectivity index (χ2n) is 6.95. The van der Waals surface area contributed by atoms with Gasteiger partial charge >= 0.3 is 0 Å². The van der Waals surface area contributed by atoms with Crippen molar-refractivity contribution in [2.45, 2.75) is 18.5 Å². The van der Waals surface area contributed by atoms with Crippen LogP contribution in [-0.2, 0) is 16.6 Å². The third-order valence-corrected chi connectivity index (χ3v) is 7.16. The van der Waals surface area contributed by atoms with E-state index in [4.69, 9.17) is 11.6 Å². The number of halogens is 1. The van der Waals surface area contributed by atoms with Crippen LogP contribution in [0.15, 0.2) is 72.0 Å². The lowest BCUT2D eigenvalue weighted by atomic mass is 10.1. The summed E-state index contributed by atoms with van der Waals surface area (Å²) >= 11 is 7.31. The lowest BCUT2D eigenvalue weighted by Crippen LogP contribution is -2.31. The minimum Gasteiger partial charge on any atom is -0.335 e. The second kappa shape index (κ2) is 9.23. The Bertz CT molecular complexity index is 1370. The van der Waals surface area contributed by atoms with Crippen LogP contribution in [0.5, 0.6) is 0 Å². The molecule has 2 aromatic heterocycles. The second-order valence-corrected chi connectivity index (χ2v) is 9.82. The molecule has 0 saturated heterocycles. The molecule has 32 heavy (non-hydrogen) atoms. The SMILES string of the molecule is CCN(Cc1ccccc1)C(=O)c1ccc(Cl)cc1NS(=O)(=O)c1nccc2sncc12. The Labute approximate surface area is 194 Å². The van der Waals surface area contributed by atoms with E-state index in [2.05, 4.69) is 14.1 Å². The molecule has 1 amide bonds. The molecule has 0 spiro atoms. The summed E-state index contributed by atoms with van der Waals surface area (Å²) in [6.45, 7) is 2.71. The Hall–Kier alpha value is -3.01. The molecule has 0 aliphatic heterocycles. The predicted octanol–water partition coefficient (Wildman–Crippen LogP) is 4.81. The molecule has 0 radical (unpaired) electrons. The van der Waals surface area contributed by atoms with Gasteiger partial charge in [-0.2, -0.15) is 12.8 Å². The zero-order chi connectivity index (χ0) is 22.7. The predicted molar refractivity (Wildman–Crippen MR) is 127 cm³/mol. The van der Waals surface area contributed by atoms with Gasteiger partial charge in [-0.15, -0.1) is 0 Å². The number of aromatic nitrogens is 2. The van der Waals surface area contributed by atoms with Gasteiger partial charge in [-0.3, -0.25) is 9.52 Å². The van der Waals surface area contributed by atoms with E-state index in [1.807, 2.05) is 37.3 Å². The number of pyridine rings is 1. The number of fused-ring (bicyclic) bond motifs is 1. The highest BCUT2D eigenvalue weighted by Crippen LogP contribution is 2.28. The van der Waals surface area contributed by atoms with E-state index in [-0.39, 0.29) is 22.2 Å². The number of nitrogens with zero attached hydrogens (tertiary/aromatic N) is 3. The number of nitrogens with one attached hydrogen (secondary N) is 1. The molecule has 4 aromatic rings. The Morgan fingerprint density at radius 1 is 1.16 bits per heavy atom. The first-order valence-corrected chi connectivity index (χ1v) is 12.4. The van der Waals surface area contributed by atoms with Gasteiger partial charge in [0.15, 0.2) is 5.03 Å². The minimum atomic E-state index is -4.10. The van der Waals surface area contributed by atoms with Crippen LogP contribution in [0, 0.1) is 0 Å².